The van der Waals surface area contributed by atoms with Crippen LogP contribution < -0.4 is 11.1 Å². The van der Waals surface area contributed by atoms with Crippen molar-refractivity contribution in [3.8, 4) is 0 Å². The Labute approximate surface area is 119 Å². The predicted molar refractivity (Wildman–Crippen MR) is 77.8 cm³/mol. The number of benzene rings is 1. The molecule has 0 saturated carbocycles. The zero-order valence-corrected chi connectivity index (χ0v) is 11.8. The van der Waals surface area contributed by atoms with E-state index in [1.54, 1.807) is 12.1 Å². The van der Waals surface area contributed by atoms with Crippen LogP contribution in [0.2, 0.25) is 0 Å². The molecule has 20 heavy (non-hydrogen) atoms. The highest BCUT2D eigenvalue weighted by Crippen LogP contribution is 2.18. The molecule has 2 rings (SSSR count). The summed E-state index contributed by atoms with van der Waals surface area (Å²) < 4.78 is 13.0. The molecule has 0 aliphatic carbocycles. The van der Waals surface area contributed by atoms with Gasteiger partial charge in [-0.3, -0.25) is 4.79 Å². The van der Waals surface area contributed by atoms with Gasteiger partial charge in [0.15, 0.2) is 0 Å². The van der Waals surface area contributed by atoms with Crippen LogP contribution in [0.25, 0.3) is 0 Å². The lowest BCUT2D eigenvalue weighted by Gasteiger charge is -2.17. The molecule has 1 aliphatic rings. The number of carbonyl (C=O) groups excluding carboxylic acids is 1. The Kier molecular flexibility index (Phi) is 5.09. The first-order valence-corrected chi connectivity index (χ1v) is 7.08. The number of halogens is 1. The zero-order chi connectivity index (χ0) is 14.5. The molecule has 1 saturated heterocycles. The standard InChI is InChI=1S/C15H22FN3O/c1-11(17)12-5-7-19(10-12)8-6-15(20)18-14-4-2-3-13(16)9-14/h2-4,9,11-12H,5-8,10,17H2,1H3,(H,18,20). The molecule has 0 spiro atoms. The van der Waals surface area contributed by atoms with E-state index in [-0.39, 0.29) is 17.8 Å². The van der Waals surface area contributed by atoms with Crippen LogP contribution in [0.3, 0.4) is 0 Å². The van der Waals surface area contributed by atoms with Crippen LogP contribution in [-0.4, -0.2) is 36.5 Å². The van der Waals surface area contributed by atoms with Crippen molar-refractivity contribution in [1.29, 1.82) is 0 Å². The van der Waals surface area contributed by atoms with Gasteiger partial charge in [0.25, 0.3) is 0 Å². The monoisotopic (exact) mass is 279 g/mol. The Balaban J connectivity index is 1.73. The van der Waals surface area contributed by atoms with Crippen molar-refractivity contribution in [1.82, 2.24) is 4.90 Å². The van der Waals surface area contributed by atoms with Gasteiger partial charge in [-0.05, 0) is 44.0 Å². The molecule has 0 bridgehead atoms. The van der Waals surface area contributed by atoms with Crippen molar-refractivity contribution in [2.24, 2.45) is 11.7 Å². The van der Waals surface area contributed by atoms with Gasteiger partial charge in [0, 0.05) is 31.2 Å². The van der Waals surface area contributed by atoms with Crippen LogP contribution in [0.5, 0.6) is 0 Å². The van der Waals surface area contributed by atoms with Crippen LogP contribution in [0.1, 0.15) is 19.8 Å². The van der Waals surface area contributed by atoms with Gasteiger partial charge in [0.2, 0.25) is 5.91 Å². The molecule has 3 N–H and O–H groups in total. The fraction of sp³-hybridized carbons (Fsp3) is 0.533. The summed E-state index contributed by atoms with van der Waals surface area (Å²) in [5.41, 5.74) is 6.40. The molecule has 1 heterocycles. The summed E-state index contributed by atoms with van der Waals surface area (Å²) in [4.78, 5) is 14.1. The third-order valence-corrected chi connectivity index (χ3v) is 3.82. The molecule has 1 aromatic carbocycles. The maximum absolute atomic E-state index is 13.0. The van der Waals surface area contributed by atoms with E-state index in [0.717, 1.165) is 26.1 Å². The summed E-state index contributed by atoms with van der Waals surface area (Å²) >= 11 is 0. The van der Waals surface area contributed by atoms with Gasteiger partial charge in [-0.1, -0.05) is 6.07 Å². The highest BCUT2D eigenvalue weighted by Gasteiger charge is 2.25. The molecule has 1 aliphatic heterocycles. The largest absolute Gasteiger partial charge is 0.328 e. The fourth-order valence-corrected chi connectivity index (χ4v) is 2.54. The summed E-state index contributed by atoms with van der Waals surface area (Å²) in [7, 11) is 0. The van der Waals surface area contributed by atoms with E-state index < -0.39 is 0 Å². The van der Waals surface area contributed by atoms with Gasteiger partial charge in [-0.25, -0.2) is 4.39 Å². The zero-order valence-electron chi connectivity index (χ0n) is 11.8. The molecule has 0 aromatic heterocycles. The maximum atomic E-state index is 13.0. The Morgan fingerprint density at radius 1 is 1.60 bits per heavy atom. The topological polar surface area (TPSA) is 58.4 Å². The lowest BCUT2D eigenvalue weighted by atomic mass is 10.0. The number of likely N-dealkylation sites (tertiary alicyclic amines) is 1. The normalized spacial score (nSPS) is 20.9. The van der Waals surface area contributed by atoms with Gasteiger partial charge in [-0.2, -0.15) is 0 Å². The number of amides is 1. The van der Waals surface area contributed by atoms with Crippen molar-refractivity contribution in [3.05, 3.63) is 30.1 Å². The van der Waals surface area contributed by atoms with Crippen molar-refractivity contribution in [2.45, 2.75) is 25.8 Å². The summed E-state index contributed by atoms with van der Waals surface area (Å²) in [5.74, 6) is 0.100. The summed E-state index contributed by atoms with van der Waals surface area (Å²) in [6.45, 7) is 4.72. The molecule has 1 aromatic rings. The molecule has 2 atom stereocenters. The van der Waals surface area contributed by atoms with E-state index in [4.69, 9.17) is 5.73 Å². The van der Waals surface area contributed by atoms with Crippen LogP contribution in [0.4, 0.5) is 10.1 Å². The van der Waals surface area contributed by atoms with Crippen molar-refractivity contribution in [2.75, 3.05) is 25.0 Å². The van der Waals surface area contributed by atoms with Crippen molar-refractivity contribution >= 4 is 11.6 Å². The molecule has 1 fully saturated rings. The smallest absolute Gasteiger partial charge is 0.225 e. The van der Waals surface area contributed by atoms with E-state index in [0.29, 0.717) is 18.0 Å². The first-order chi connectivity index (χ1) is 9.54. The number of rotatable bonds is 5. The van der Waals surface area contributed by atoms with Crippen molar-refractivity contribution < 1.29 is 9.18 Å². The number of anilines is 1. The first kappa shape index (κ1) is 14.9. The Morgan fingerprint density at radius 3 is 3.05 bits per heavy atom. The van der Waals surface area contributed by atoms with Gasteiger partial charge in [0.1, 0.15) is 5.82 Å². The minimum atomic E-state index is -0.345. The second-order valence-corrected chi connectivity index (χ2v) is 5.52. The van der Waals surface area contributed by atoms with E-state index >= 15 is 0 Å². The molecule has 2 unspecified atom stereocenters. The van der Waals surface area contributed by atoms with E-state index in [2.05, 4.69) is 10.2 Å². The number of nitrogens with two attached hydrogens (primary N) is 1. The predicted octanol–water partition coefficient (Wildman–Crippen LogP) is 1.82. The van der Waals surface area contributed by atoms with Gasteiger partial charge >= 0.3 is 0 Å². The number of nitrogens with one attached hydrogen (secondary N) is 1. The summed E-state index contributed by atoms with van der Waals surface area (Å²) in [6, 6.07) is 6.15. The first-order valence-electron chi connectivity index (χ1n) is 7.08. The molecular weight excluding hydrogens is 257 g/mol. The average molecular weight is 279 g/mol. The second kappa shape index (κ2) is 6.81. The van der Waals surface area contributed by atoms with Crippen LogP contribution in [0, 0.1) is 11.7 Å². The Hall–Kier alpha value is -1.46. The average Bonchev–Trinajstić information content (AvgIpc) is 2.85. The van der Waals surface area contributed by atoms with Gasteiger partial charge in [0.05, 0.1) is 0 Å². The van der Waals surface area contributed by atoms with E-state index in [9.17, 15) is 9.18 Å². The summed E-state index contributed by atoms with van der Waals surface area (Å²) in [5, 5.41) is 2.71. The molecular formula is C15H22FN3O. The highest BCUT2D eigenvalue weighted by molar-refractivity contribution is 5.90. The van der Waals surface area contributed by atoms with Crippen LogP contribution in [0.15, 0.2) is 24.3 Å². The number of hydrogen-bond donors (Lipinski definition) is 2. The number of nitrogens with zero attached hydrogens (tertiary/aromatic N) is 1. The van der Waals surface area contributed by atoms with E-state index in [1.807, 2.05) is 6.92 Å². The van der Waals surface area contributed by atoms with E-state index in [1.165, 1.54) is 12.1 Å². The van der Waals surface area contributed by atoms with Crippen LogP contribution in [-0.2, 0) is 4.79 Å². The third kappa shape index (κ3) is 4.28. The number of carbonyl (C=O) groups is 1. The number of hydrogen-bond acceptors (Lipinski definition) is 3. The SMILES string of the molecule is CC(N)C1CCN(CCC(=O)Nc2cccc(F)c2)C1. The lowest BCUT2D eigenvalue weighted by molar-refractivity contribution is -0.116. The maximum Gasteiger partial charge on any atom is 0.225 e. The quantitative estimate of drug-likeness (QED) is 0.864. The van der Waals surface area contributed by atoms with Gasteiger partial charge < -0.3 is 16.0 Å². The Morgan fingerprint density at radius 2 is 2.40 bits per heavy atom. The molecule has 5 heteroatoms. The minimum absolute atomic E-state index is 0.0835. The third-order valence-electron chi connectivity index (χ3n) is 3.82. The minimum Gasteiger partial charge on any atom is -0.328 e. The van der Waals surface area contributed by atoms with Crippen molar-refractivity contribution in [3.63, 3.8) is 0 Å². The fourth-order valence-electron chi connectivity index (χ4n) is 2.54. The van der Waals surface area contributed by atoms with Crippen LogP contribution >= 0.6 is 0 Å². The lowest BCUT2D eigenvalue weighted by Crippen LogP contribution is -2.31. The second-order valence-electron chi connectivity index (χ2n) is 5.52. The molecule has 1 amide bonds. The Bertz CT molecular complexity index is 464. The van der Waals surface area contributed by atoms with Gasteiger partial charge in [-0.15, -0.1) is 0 Å². The molecule has 110 valence electrons. The molecule has 0 radical (unpaired) electrons. The highest BCUT2D eigenvalue weighted by atomic mass is 19.1. The summed E-state index contributed by atoms with van der Waals surface area (Å²) in [6.07, 6.45) is 1.52. The molecule has 4 nitrogen and oxygen atoms in total.